The summed E-state index contributed by atoms with van der Waals surface area (Å²) in [4.78, 5) is 4.04. The van der Waals surface area contributed by atoms with Crippen molar-refractivity contribution in [3.05, 3.63) is 70.6 Å². The van der Waals surface area contributed by atoms with E-state index in [0.29, 0.717) is 10.7 Å². The SMILES string of the molecule is Nc1c(S(=O)(=O)c2ccccc2)cnc(=S)n1-c1cccc(Cl)c1. The molecule has 24 heavy (non-hydrogen) atoms. The third kappa shape index (κ3) is 2.93. The van der Waals surface area contributed by atoms with Crippen LogP contribution in [0.5, 0.6) is 0 Å². The molecular formula is C16H12ClN3O2S2. The van der Waals surface area contributed by atoms with Gasteiger partial charge in [-0.3, -0.25) is 4.57 Å². The fraction of sp³-hybridized carbons (Fsp3) is 0. The highest BCUT2D eigenvalue weighted by atomic mass is 35.5. The van der Waals surface area contributed by atoms with Crippen molar-refractivity contribution in [2.24, 2.45) is 0 Å². The maximum atomic E-state index is 12.8. The first-order valence-electron chi connectivity index (χ1n) is 6.85. The molecule has 0 aliphatic rings. The van der Waals surface area contributed by atoms with E-state index in [9.17, 15) is 8.42 Å². The number of halogens is 1. The zero-order valence-electron chi connectivity index (χ0n) is 12.3. The van der Waals surface area contributed by atoms with E-state index >= 15 is 0 Å². The van der Waals surface area contributed by atoms with Crippen LogP contribution in [0.3, 0.4) is 0 Å². The predicted molar refractivity (Wildman–Crippen MR) is 95.7 cm³/mol. The Kier molecular flexibility index (Phi) is 4.40. The molecule has 0 bridgehead atoms. The average molecular weight is 378 g/mol. The van der Waals surface area contributed by atoms with E-state index in [0.717, 1.165) is 0 Å². The topological polar surface area (TPSA) is 78.0 Å². The van der Waals surface area contributed by atoms with Crippen LogP contribution >= 0.6 is 23.8 Å². The van der Waals surface area contributed by atoms with Crippen molar-refractivity contribution in [2.45, 2.75) is 9.79 Å². The molecule has 3 aromatic rings. The molecule has 8 heteroatoms. The van der Waals surface area contributed by atoms with E-state index in [2.05, 4.69) is 4.98 Å². The third-order valence-electron chi connectivity index (χ3n) is 3.39. The lowest BCUT2D eigenvalue weighted by Gasteiger charge is -2.14. The van der Waals surface area contributed by atoms with Gasteiger partial charge in [-0.15, -0.1) is 0 Å². The number of rotatable bonds is 3. The van der Waals surface area contributed by atoms with Crippen LogP contribution < -0.4 is 5.73 Å². The van der Waals surface area contributed by atoms with Gasteiger partial charge in [0, 0.05) is 5.02 Å². The summed E-state index contributed by atoms with van der Waals surface area (Å²) in [6.07, 6.45) is 1.18. The fourth-order valence-corrected chi connectivity index (χ4v) is 4.02. The molecule has 0 saturated heterocycles. The lowest BCUT2D eigenvalue weighted by atomic mass is 10.3. The van der Waals surface area contributed by atoms with Gasteiger partial charge in [-0.05, 0) is 42.5 Å². The van der Waals surface area contributed by atoms with Crippen molar-refractivity contribution in [3.63, 3.8) is 0 Å². The molecule has 0 spiro atoms. The van der Waals surface area contributed by atoms with E-state index in [1.807, 2.05) is 0 Å². The molecule has 0 radical (unpaired) electrons. The number of nitrogens with zero attached hydrogens (tertiary/aromatic N) is 2. The summed E-state index contributed by atoms with van der Waals surface area (Å²) in [6, 6.07) is 14.8. The van der Waals surface area contributed by atoms with Gasteiger partial charge >= 0.3 is 0 Å². The molecule has 1 heterocycles. The Labute approximate surface area is 149 Å². The average Bonchev–Trinajstić information content (AvgIpc) is 2.55. The first kappa shape index (κ1) is 16.6. The zero-order valence-corrected chi connectivity index (χ0v) is 14.6. The van der Waals surface area contributed by atoms with Gasteiger partial charge in [-0.25, -0.2) is 13.4 Å². The van der Waals surface area contributed by atoms with Crippen molar-refractivity contribution < 1.29 is 8.42 Å². The highest BCUT2D eigenvalue weighted by molar-refractivity contribution is 7.91. The number of hydrogen-bond donors (Lipinski definition) is 1. The lowest BCUT2D eigenvalue weighted by Crippen LogP contribution is -2.14. The lowest BCUT2D eigenvalue weighted by molar-refractivity contribution is 0.595. The number of benzene rings is 2. The van der Waals surface area contributed by atoms with Crippen LogP contribution in [0.15, 0.2) is 70.6 Å². The molecule has 3 rings (SSSR count). The molecule has 122 valence electrons. The van der Waals surface area contributed by atoms with Crippen LogP contribution in [0.25, 0.3) is 5.69 Å². The van der Waals surface area contributed by atoms with Gasteiger partial charge in [-0.2, -0.15) is 0 Å². The minimum Gasteiger partial charge on any atom is -0.384 e. The van der Waals surface area contributed by atoms with Crippen molar-refractivity contribution in [1.29, 1.82) is 0 Å². The predicted octanol–water partition coefficient (Wildman–Crippen LogP) is 3.67. The monoisotopic (exact) mass is 377 g/mol. The molecule has 0 aliphatic carbocycles. The molecule has 0 aliphatic heterocycles. The summed E-state index contributed by atoms with van der Waals surface area (Å²) >= 11 is 11.2. The Morgan fingerprint density at radius 2 is 1.79 bits per heavy atom. The van der Waals surface area contributed by atoms with Crippen molar-refractivity contribution in [3.8, 4) is 5.69 Å². The van der Waals surface area contributed by atoms with Gasteiger partial charge in [0.15, 0.2) is 0 Å². The number of sulfone groups is 1. The highest BCUT2D eigenvalue weighted by Crippen LogP contribution is 2.27. The number of aromatic nitrogens is 2. The summed E-state index contributed by atoms with van der Waals surface area (Å²) in [7, 11) is -3.81. The molecular weight excluding hydrogens is 366 g/mol. The Morgan fingerprint density at radius 1 is 1.08 bits per heavy atom. The van der Waals surface area contributed by atoms with Crippen molar-refractivity contribution >= 4 is 39.5 Å². The quantitative estimate of drug-likeness (QED) is 0.704. The van der Waals surface area contributed by atoms with E-state index in [-0.39, 0.29) is 20.4 Å². The molecule has 0 fully saturated rings. The Hall–Kier alpha value is -2.22. The third-order valence-corrected chi connectivity index (χ3v) is 5.70. The number of anilines is 1. The van der Waals surface area contributed by atoms with Crippen LogP contribution in [0, 0.1) is 4.77 Å². The normalized spacial score (nSPS) is 11.4. The van der Waals surface area contributed by atoms with E-state index in [1.54, 1.807) is 42.5 Å². The smallest absolute Gasteiger partial charge is 0.211 e. The first-order chi connectivity index (χ1) is 11.4. The molecule has 0 unspecified atom stereocenters. The second kappa shape index (κ2) is 6.35. The van der Waals surface area contributed by atoms with Gasteiger partial charge in [0.1, 0.15) is 10.7 Å². The Morgan fingerprint density at radius 3 is 2.46 bits per heavy atom. The van der Waals surface area contributed by atoms with Crippen LogP contribution in [0.4, 0.5) is 5.82 Å². The molecule has 2 N–H and O–H groups in total. The second-order valence-electron chi connectivity index (χ2n) is 4.92. The van der Waals surface area contributed by atoms with E-state index < -0.39 is 9.84 Å². The minimum atomic E-state index is -3.81. The van der Waals surface area contributed by atoms with Gasteiger partial charge in [-0.1, -0.05) is 35.9 Å². The minimum absolute atomic E-state index is 0.0129. The van der Waals surface area contributed by atoms with Gasteiger partial charge < -0.3 is 5.73 Å². The molecule has 1 aromatic heterocycles. The number of hydrogen-bond acceptors (Lipinski definition) is 5. The van der Waals surface area contributed by atoms with E-state index in [4.69, 9.17) is 29.6 Å². The first-order valence-corrected chi connectivity index (χ1v) is 9.12. The van der Waals surface area contributed by atoms with Gasteiger partial charge in [0.25, 0.3) is 0 Å². The Bertz CT molecular complexity index is 1060. The van der Waals surface area contributed by atoms with Crippen LogP contribution in [0.2, 0.25) is 5.02 Å². The summed E-state index contributed by atoms with van der Waals surface area (Å²) in [6.45, 7) is 0. The van der Waals surface area contributed by atoms with Crippen LogP contribution in [-0.2, 0) is 9.84 Å². The van der Waals surface area contributed by atoms with Crippen molar-refractivity contribution in [2.75, 3.05) is 5.73 Å². The van der Waals surface area contributed by atoms with Crippen LogP contribution in [-0.4, -0.2) is 18.0 Å². The maximum absolute atomic E-state index is 12.8. The number of nitrogen functional groups attached to an aromatic ring is 1. The molecule has 0 saturated carbocycles. The van der Waals surface area contributed by atoms with Gasteiger partial charge in [0.05, 0.1) is 16.8 Å². The van der Waals surface area contributed by atoms with E-state index in [1.165, 1.54) is 22.9 Å². The highest BCUT2D eigenvalue weighted by Gasteiger charge is 2.23. The summed E-state index contributed by atoms with van der Waals surface area (Å²) in [5.41, 5.74) is 6.67. The van der Waals surface area contributed by atoms with Crippen molar-refractivity contribution in [1.82, 2.24) is 9.55 Å². The summed E-state index contributed by atoms with van der Waals surface area (Å²) in [5.74, 6) is -0.0129. The Balaban J connectivity index is 2.26. The molecule has 2 aromatic carbocycles. The molecule has 5 nitrogen and oxygen atoms in total. The maximum Gasteiger partial charge on any atom is 0.211 e. The molecule has 0 amide bonds. The standard InChI is InChI=1S/C16H12ClN3O2S2/c17-11-5-4-6-12(9-11)20-15(18)14(10-19-16(20)23)24(21,22)13-7-2-1-3-8-13/h1-10H,18H2. The summed E-state index contributed by atoms with van der Waals surface area (Å²) < 4.78 is 27.2. The number of nitrogens with two attached hydrogens (primary N) is 1. The fourth-order valence-electron chi connectivity index (χ4n) is 2.25. The summed E-state index contributed by atoms with van der Waals surface area (Å²) in [5, 5.41) is 0.477. The largest absolute Gasteiger partial charge is 0.384 e. The van der Waals surface area contributed by atoms with Gasteiger partial charge in [0.2, 0.25) is 14.6 Å². The zero-order chi connectivity index (χ0) is 17.3. The van der Waals surface area contributed by atoms with Crippen LogP contribution in [0.1, 0.15) is 0 Å². The molecule has 0 atom stereocenters. The second-order valence-corrected chi connectivity index (χ2v) is 7.64.